The van der Waals surface area contributed by atoms with Crippen molar-refractivity contribution in [3.63, 3.8) is 0 Å². The van der Waals surface area contributed by atoms with Crippen LogP contribution in [-0.4, -0.2) is 115 Å². The molecule has 1 unspecified atom stereocenters. The number of likely N-dealkylation sites (N-methyl/N-ethyl adjacent to an activating group) is 1. The van der Waals surface area contributed by atoms with Gasteiger partial charge < -0.3 is 49.1 Å². The predicted molar refractivity (Wildman–Crippen MR) is 217 cm³/mol. The summed E-state index contributed by atoms with van der Waals surface area (Å²) in [6, 6.07) is 4.98. The molecule has 13 nitrogen and oxygen atoms in total. The maximum atomic E-state index is 14.2. The van der Waals surface area contributed by atoms with Gasteiger partial charge in [-0.05, 0) is 87.0 Å². The Balaban J connectivity index is 1.45. The molecule has 3 amide bonds. The van der Waals surface area contributed by atoms with Crippen molar-refractivity contribution in [3.8, 4) is 11.5 Å². The number of fused-ring (bicyclic) bond motifs is 2. The Kier molecular flexibility index (Phi) is 15.5. The van der Waals surface area contributed by atoms with Gasteiger partial charge in [-0.1, -0.05) is 42.8 Å². The second kappa shape index (κ2) is 20.7. The third-order valence-corrected chi connectivity index (χ3v) is 12.3. The fourth-order valence-corrected chi connectivity index (χ4v) is 9.56. The van der Waals surface area contributed by atoms with Gasteiger partial charge in [0.1, 0.15) is 24.1 Å². The summed E-state index contributed by atoms with van der Waals surface area (Å²) in [5.41, 5.74) is 2.68. The van der Waals surface area contributed by atoms with Gasteiger partial charge in [0, 0.05) is 70.6 Å². The van der Waals surface area contributed by atoms with Gasteiger partial charge in [0.15, 0.2) is 0 Å². The van der Waals surface area contributed by atoms with Crippen molar-refractivity contribution < 1.29 is 43.6 Å². The molecule has 314 valence electrons. The highest BCUT2D eigenvalue weighted by Gasteiger charge is 2.65. The van der Waals surface area contributed by atoms with Crippen LogP contribution in [0.1, 0.15) is 95.0 Å². The van der Waals surface area contributed by atoms with Crippen LogP contribution in [-0.2, 0) is 19.1 Å². The molecule has 6 rings (SSSR count). The van der Waals surface area contributed by atoms with Gasteiger partial charge in [0.05, 0.1) is 24.8 Å². The minimum absolute atomic E-state index is 0.100. The number of likely N-dealkylation sites (tertiary alicyclic amines) is 1. The largest absolute Gasteiger partial charge is 0.490 e. The number of ether oxygens (including phenoxy) is 4. The lowest BCUT2D eigenvalue weighted by molar-refractivity contribution is -0.252. The number of oxime groups is 1. The van der Waals surface area contributed by atoms with Gasteiger partial charge in [0.2, 0.25) is 18.0 Å². The first-order valence-electron chi connectivity index (χ1n) is 21.2. The Labute approximate surface area is 338 Å². The first-order chi connectivity index (χ1) is 27.8. The van der Waals surface area contributed by atoms with Crippen LogP contribution in [0.25, 0.3) is 0 Å². The molecule has 0 radical (unpaired) electrons. The number of unbranched alkanes of at least 4 members (excludes halogenated alkanes) is 2. The highest BCUT2D eigenvalue weighted by atomic mass is 16.8. The van der Waals surface area contributed by atoms with E-state index in [1.807, 2.05) is 17.0 Å². The van der Waals surface area contributed by atoms with E-state index >= 15 is 0 Å². The van der Waals surface area contributed by atoms with Crippen molar-refractivity contribution >= 4 is 17.6 Å². The molecule has 3 fully saturated rings. The average Bonchev–Trinajstić information content (AvgIpc) is 3.65. The minimum Gasteiger partial charge on any atom is -0.490 e. The van der Waals surface area contributed by atoms with Gasteiger partial charge >= 0.3 is 6.03 Å². The first-order valence-corrected chi connectivity index (χ1v) is 21.2. The van der Waals surface area contributed by atoms with E-state index in [9.17, 15) is 19.8 Å². The lowest BCUT2D eigenvalue weighted by Crippen LogP contribution is -2.70. The zero-order chi connectivity index (χ0) is 40.2. The number of nitrogens with zero attached hydrogens (tertiary/aromatic N) is 3. The lowest BCUT2D eigenvalue weighted by atomic mass is 9.55. The molecule has 7 atom stereocenters. The van der Waals surface area contributed by atoms with Crippen LogP contribution in [0.4, 0.5) is 4.79 Å². The molecular formula is C44H64N4O9. The molecule has 0 spiro atoms. The highest BCUT2D eigenvalue weighted by molar-refractivity contribution is 6.03. The zero-order valence-electron chi connectivity index (χ0n) is 33.8. The molecule has 13 heteroatoms. The van der Waals surface area contributed by atoms with E-state index in [0.717, 1.165) is 74.8 Å². The van der Waals surface area contributed by atoms with Crippen LogP contribution in [0.5, 0.6) is 11.5 Å². The van der Waals surface area contributed by atoms with Crippen molar-refractivity contribution in [3.05, 3.63) is 60.7 Å². The summed E-state index contributed by atoms with van der Waals surface area (Å²) >= 11 is 0. The molecule has 57 heavy (non-hydrogen) atoms. The number of allylic oxidation sites excluding steroid dienone is 1. The minimum atomic E-state index is -1.35. The van der Waals surface area contributed by atoms with Gasteiger partial charge in [-0.2, -0.15) is 0 Å². The summed E-state index contributed by atoms with van der Waals surface area (Å²) in [6.07, 6.45) is 15.1. The third kappa shape index (κ3) is 9.87. The lowest BCUT2D eigenvalue weighted by Gasteiger charge is -2.59. The molecular weight excluding hydrogens is 729 g/mol. The highest BCUT2D eigenvalue weighted by Crippen LogP contribution is 2.61. The number of carbonyl (C=O) groups is 2. The first kappa shape index (κ1) is 42.7. The summed E-state index contributed by atoms with van der Waals surface area (Å²) in [6.45, 7) is 11.0. The average molecular weight is 793 g/mol. The molecule has 1 aromatic carbocycles. The van der Waals surface area contributed by atoms with E-state index in [2.05, 4.69) is 30.6 Å². The Morgan fingerprint density at radius 1 is 1.09 bits per heavy atom. The van der Waals surface area contributed by atoms with Crippen molar-refractivity contribution in [2.45, 2.75) is 108 Å². The zero-order valence-corrected chi connectivity index (χ0v) is 33.8. The van der Waals surface area contributed by atoms with Crippen molar-refractivity contribution in [2.75, 3.05) is 59.7 Å². The number of rotatable bonds is 21. The van der Waals surface area contributed by atoms with E-state index in [0.29, 0.717) is 69.9 Å². The van der Waals surface area contributed by atoms with E-state index in [1.54, 1.807) is 24.1 Å². The molecule has 3 N–H and O–H groups in total. The number of aliphatic hydroxyl groups is 2. The van der Waals surface area contributed by atoms with Crippen LogP contribution in [0, 0.1) is 17.8 Å². The number of hydrogen-bond donors (Lipinski definition) is 3. The molecule has 0 bridgehead atoms. The Bertz CT molecular complexity index is 1590. The second-order valence-electron chi connectivity index (χ2n) is 16.0. The van der Waals surface area contributed by atoms with Crippen LogP contribution in [0.15, 0.2) is 60.3 Å². The number of benzene rings is 1. The topological polar surface area (TPSA) is 152 Å². The summed E-state index contributed by atoms with van der Waals surface area (Å²) < 4.78 is 26.2. The van der Waals surface area contributed by atoms with Gasteiger partial charge in [-0.25, -0.2) is 4.79 Å². The fourth-order valence-electron chi connectivity index (χ4n) is 9.56. The quantitative estimate of drug-likeness (QED) is 0.0766. The van der Waals surface area contributed by atoms with Crippen LogP contribution in [0.3, 0.4) is 0 Å². The van der Waals surface area contributed by atoms with Crippen molar-refractivity contribution in [1.29, 1.82) is 0 Å². The fraction of sp³-hybridized carbons (Fsp3) is 0.659. The van der Waals surface area contributed by atoms with Gasteiger partial charge in [0.25, 0.3) is 0 Å². The third-order valence-electron chi connectivity index (χ3n) is 12.3. The van der Waals surface area contributed by atoms with E-state index in [1.165, 1.54) is 0 Å². The van der Waals surface area contributed by atoms with E-state index in [-0.39, 0.29) is 49.5 Å². The molecule has 1 aromatic rings. The van der Waals surface area contributed by atoms with Crippen LogP contribution in [0.2, 0.25) is 0 Å². The molecule has 2 saturated heterocycles. The number of hydrogen-bond acceptors (Lipinski definition) is 10. The Morgan fingerprint density at radius 2 is 1.89 bits per heavy atom. The molecule has 3 aliphatic heterocycles. The van der Waals surface area contributed by atoms with Gasteiger partial charge in [-0.3, -0.25) is 4.79 Å². The van der Waals surface area contributed by atoms with Crippen LogP contribution < -0.4 is 14.8 Å². The molecule has 2 aliphatic carbocycles. The van der Waals surface area contributed by atoms with Crippen LogP contribution >= 0.6 is 0 Å². The molecule has 3 heterocycles. The Morgan fingerprint density at radius 3 is 2.61 bits per heavy atom. The van der Waals surface area contributed by atoms with E-state index < -0.39 is 24.0 Å². The number of aliphatic hydroxyl groups excluding tert-OH is 2. The van der Waals surface area contributed by atoms with Gasteiger partial charge in [-0.15, -0.1) is 6.58 Å². The standard InChI is InChI=1S/C44H64N4O9/c1-4-25-53-32-18-19-37-35(29-32)41-33(15-7-10-24-50)31(14-6-9-23-49)28-34-36(46-57-40-17-8-11-27-54-40)30-38(44(56-37,42(34)41)55-26-5-2)47(3)43(52)45-20-13-22-48-21-12-16-39(48)51/h4-5,18-19,28-29,31,33,38,40-42,49-50H,1-2,6-17,20-27,30H2,3H3,(H,45,52)/t31-,33+,38-,40?,41+,42+,44+/m0/s1. The molecule has 0 aromatic heterocycles. The van der Waals surface area contributed by atoms with Crippen molar-refractivity contribution in [1.82, 2.24) is 15.1 Å². The number of nitrogens with one attached hydrogen (secondary N) is 1. The molecule has 1 saturated carbocycles. The number of amides is 3. The summed E-state index contributed by atoms with van der Waals surface area (Å²) in [4.78, 5) is 36.2. The normalized spacial score (nSPS) is 28.5. The summed E-state index contributed by atoms with van der Waals surface area (Å²) in [5, 5.41) is 27.7. The summed E-state index contributed by atoms with van der Waals surface area (Å²) in [7, 11) is 1.78. The summed E-state index contributed by atoms with van der Waals surface area (Å²) in [5.74, 6) is -0.179. The maximum Gasteiger partial charge on any atom is 0.317 e. The van der Waals surface area contributed by atoms with Crippen molar-refractivity contribution in [2.24, 2.45) is 22.9 Å². The molecule has 5 aliphatic rings. The SMILES string of the molecule is C=CCOc1ccc2c(c1)[C@H]1[C@H](CCCCO)[C@@H](CCCCO)C=C3C(=NOC4CCCCO4)C[C@H](N(C)C(=O)NCCCN4CCCC4=O)[C@@](OCC=C)(O2)[C@H]31. The predicted octanol–water partition coefficient (Wildman–Crippen LogP) is 6.07. The second-order valence-corrected chi connectivity index (χ2v) is 16.0. The number of urea groups is 1. The maximum absolute atomic E-state index is 14.2. The number of carbonyl (C=O) groups excluding carboxylic acids is 2. The monoisotopic (exact) mass is 792 g/mol. The smallest absolute Gasteiger partial charge is 0.317 e. The van der Waals surface area contributed by atoms with E-state index in [4.69, 9.17) is 28.9 Å². The Hall–Kier alpha value is -3.91.